The fourth-order valence-corrected chi connectivity index (χ4v) is 2.85. The highest BCUT2D eigenvalue weighted by molar-refractivity contribution is 5.97. The van der Waals surface area contributed by atoms with Gasteiger partial charge in [-0.25, -0.2) is 4.98 Å². The molecule has 0 aliphatic carbocycles. The van der Waals surface area contributed by atoms with Crippen LogP contribution in [-0.2, 0) is 0 Å². The molecule has 0 bridgehead atoms. The van der Waals surface area contributed by atoms with E-state index < -0.39 is 0 Å². The monoisotopic (exact) mass is 332 g/mol. The molecule has 6 heteroatoms. The van der Waals surface area contributed by atoms with Crippen molar-refractivity contribution in [2.24, 2.45) is 0 Å². The summed E-state index contributed by atoms with van der Waals surface area (Å²) in [6.07, 6.45) is 0. The van der Waals surface area contributed by atoms with Gasteiger partial charge < -0.3 is 14.9 Å². The molecule has 6 nitrogen and oxygen atoms in total. The first kappa shape index (κ1) is 15.1. The van der Waals surface area contributed by atoms with Gasteiger partial charge in [-0.3, -0.25) is 9.59 Å². The molecule has 0 saturated carbocycles. The zero-order valence-electron chi connectivity index (χ0n) is 13.8. The standard InChI is InChI=1S/C19H16N4O2/c1-23(2)19(25)12-7-8-15-16(10-12)21-17(20-15)13-9-11-5-3-4-6-14(11)22-18(13)24/h3-10H,1-2H3,(H,20,21)(H,22,24). The minimum Gasteiger partial charge on any atom is -0.345 e. The fourth-order valence-electron chi connectivity index (χ4n) is 2.85. The Bertz CT molecular complexity index is 1170. The third-order valence-corrected chi connectivity index (χ3v) is 4.14. The van der Waals surface area contributed by atoms with Crippen molar-refractivity contribution in [3.63, 3.8) is 0 Å². The van der Waals surface area contributed by atoms with Crippen molar-refractivity contribution in [3.05, 3.63) is 64.4 Å². The molecule has 0 radical (unpaired) electrons. The van der Waals surface area contributed by atoms with Gasteiger partial charge in [0.25, 0.3) is 11.5 Å². The number of hydrogen-bond donors (Lipinski definition) is 2. The second-order valence-electron chi connectivity index (χ2n) is 6.12. The Labute approximate surface area is 143 Å². The number of para-hydroxylation sites is 1. The average molecular weight is 332 g/mol. The van der Waals surface area contributed by atoms with Gasteiger partial charge in [-0.15, -0.1) is 0 Å². The van der Waals surface area contributed by atoms with Crippen LogP contribution in [-0.4, -0.2) is 39.9 Å². The van der Waals surface area contributed by atoms with E-state index in [-0.39, 0.29) is 11.5 Å². The largest absolute Gasteiger partial charge is 0.345 e. The van der Waals surface area contributed by atoms with Crippen LogP contribution in [0.4, 0.5) is 0 Å². The number of pyridine rings is 1. The molecule has 4 aromatic rings. The highest BCUT2D eigenvalue weighted by Crippen LogP contribution is 2.21. The number of imidazole rings is 1. The quantitative estimate of drug-likeness (QED) is 0.592. The van der Waals surface area contributed by atoms with Gasteiger partial charge in [0.1, 0.15) is 5.82 Å². The molecule has 4 rings (SSSR count). The van der Waals surface area contributed by atoms with E-state index in [9.17, 15) is 9.59 Å². The van der Waals surface area contributed by atoms with E-state index in [1.54, 1.807) is 32.3 Å². The number of nitrogens with zero attached hydrogens (tertiary/aromatic N) is 2. The lowest BCUT2D eigenvalue weighted by Gasteiger charge is -2.09. The lowest BCUT2D eigenvalue weighted by molar-refractivity contribution is 0.0828. The number of carbonyl (C=O) groups excluding carboxylic acids is 1. The summed E-state index contributed by atoms with van der Waals surface area (Å²) in [7, 11) is 3.42. The molecule has 0 aliphatic heterocycles. The Morgan fingerprint density at radius 2 is 1.80 bits per heavy atom. The van der Waals surface area contributed by atoms with Crippen LogP contribution >= 0.6 is 0 Å². The lowest BCUT2D eigenvalue weighted by atomic mass is 10.1. The van der Waals surface area contributed by atoms with Crippen LogP contribution in [0.25, 0.3) is 33.3 Å². The highest BCUT2D eigenvalue weighted by atomic mass is 16.2. The third kappa shape index (κ3) is 2.57. The molecular weight excluding hydrogens is 316 g/mol. The van der Waals surface area contributed by atoms with Crippen LogP contribution < -0.4 is 5.56 Å². The van der Waals surface area contributed by atoms with Gasteiger partial charge in [0.2, 0.25) is 0 Å². The fraction of sp³-hybridized carbons (Fsp3) is 0.105. The normalized spacial score (nSPS) is 11.1. The molecule has 0 saturated heterocycles. The maximum atomic E-state index is 12.4. The van der Waals surface area contributed by atoms with Crippen molar-refractivity contribution in [2.45, 2.75) is 0 Å². The minimum absolute atomic E-state index is 0.0818. The van der Waals surface area contributed by atoms with Crippen LogP contribution in [0.3, 0.4) is 0 Å². The Morgan fingerprint density at radius 3 is 2.60 bits per heavy atom. The zero-order chi connectivity index (χ0) is 17.6. The van der Waals surface area contributed by atoms with Crippen LogP contribution in [0.1, 0.15) is 10.4 Å². The number of carbonyl (C=O) groups is 1. The van der Waals surface area contributed by atoms with Crippen molar-refractivity contribution >= 4 is 27.8 Å². The molecule has 0 spiro atoms. The second kappa shape index (κ2) is 5.59. The van der Waals surface area contributed by atoms with E-state index in [1.165, 1.54) is 4.90 Å². The SMILES string of the molecule is CN(C)C(=O)c1ccc2nc(-c3cc4ccccc4[nH]c3=O)[nH]c2c1. The Hall–Kier alpha value is -3.41. The molecule has 1 amide bonds. The summed E-state index contributed by atoms with van der Waals surface area (Å²) >= 11 is 0. The highest BCUT2D eigenvalue weighted by Gasteiger charge is 2.13. The molecule has 124 valence electrons. The van der Waals surface area contributed by atoms with Crippen molar-refractivity contribution in [2.75, 3.05) is 14.1 Å². The van der Waals surface area contributed by atoms with Crippen molar-refractivity contribution < 1.29 is 4.79 Å². The molecule has 2 aromatic heterocycles. The van der Waals surface area contributed by atoms with E-state index in [1.807, 2.05) is 30.3 Å². The number of fused-ring (bicyclic) bond motifs is 2. The van der Waals surface area contributed by atoms with Crippen molar-refractivity contribution in [3.8, 4) is 11.4 Å². The summed E-state index contributed by atoms with van der Waals surface area (Å²) in [5, 5.41) is 0.932. The molecule has 2 heterocycles. The topological polar surface area (TPSA) is 81.8 Å². The molecule has 2 aromatic carbocycles. The molecule has 2 N–H and O–H groups in total. The summed E-state index contributed by atoms with van der Waals surface area (Å²) in [6, 6.07) is 14.7. The van der Waals surface area contributed by atoms with Crippen LogP contribution in [0.5, 0.6) is 0 Å². The van der Waals surface area contributed by atoms with Gasteiger partial charge in [0.15, 0.2) is 0 Å². The summed E-state index contributed by atoms with van der Waals surface area (Å²) in [4.78, 5) is 36.5. The van der Waals surface area contributed by atoms with Crippen molar-refractivity contribution in [1.82, 2.24) is 19.9 Å². The number of hydrogen-bond acceptors (Lipinski definition) is 3. The number of H-pyrrole nitrogens is 2. The van der Waals surface area contributed by atoms with Gasteiger partial charge in [-0.2, -0.15) is 0 Å². The predicted molar refractivity (Wildman–Crippen MR) is 97.7 cm³/mol. The van der Waals surface area contributed by atoms with Gasteiger partial charge in [-0.05, 0) is 35.7 Å². The molecule has 25 heavy (non-hydrogen) atoms. The molecular formula is C19H16N4O2. The maximum Gasteiger partial charge on any atom is 0.259 e. The van der Waals surface area contributed by atoms with E-state index in [0.29, 0.717) is 22.5 Å². The zero-order valence-corrected chi connectivity index (χ0v) is 13.8. The summed E-state index contributed by atoms with van der Waals surface area (Å²) < 4.78 is 0. The van der Waals surface area contributed by atoms with E-state index in [4.69, 9.17) is 0 Å². The molecule has 0 aliphatic rings. The predicted octanol–water partition coefficient (Wildman–Crippen LogP) is 2.77. The Morgan fingerprint density at radius 1 is 1.00 bits per heavy atom. The number of aromatic amines is 2. The number of benzene rings is 2. The number of rotatable bonds is 2. The van der Waals surface area contributed by atoms with Gasteiger partial charge in [-0.1, -0.05) is 18.2 Å². The first-order valence-corrected chi connectivity index (χ1v) is 7.87. The Balaban J connectivity index is 1.86. The van der Waals surface area contributed by atoms with E-state index in [0.717, 1.165) is 16.4 Å². The smallest absolute Gasteiger partial charge is 0.259 e. The first-order valence-electron chi connectivity index (χ1n) is 7.87. The van der Waals surface area contributed by atoms with Gasteiger partial charge in [0.05, 0.1) is 16.6 Å². The first-order chi connectivity index (χ1) is 12.0. The summed E-state index contributed by atoms with van der Waals surface area (Å²) in [6.45, 7) is 0. The second-order valence-corrected chi connectivity index (χ2v) is 6.12. The van der Waals surface area contributed by atoms with Crippen LogP contribution in [0.2, 0.25) is 0 Å². The molecule has 0 unspecified atom stereocenters. The van der Waals surface area contributed by atoms with Gasteiger partial charge in [0, 0.05) is 25.2 Å². The Kier molecular flexibility index (Phi) is 3.39. The summed E-state index contributed by atoms with van der Waals surface area (Å²) in [5.41, 5.74) is 3.04. The molecule has 0 fully saturated rings. The number of nitrogens with one attached hydrogen (secondary N) is 2. The maximum absolute atomic E-state index is 12.4. The number of amides is 1. The summed E-state index contributed by atoms with van der Waals surface area (Å²) in [5.74, 6) is 0.401. The van der Waals surface area contributed by atoms with E-state index >= 15 is 0 Å². The van der Waals surface area contributed by atoms with Gasteiger partial charge >= 0.3 is 0 Å². The number of aromatic nitrogens is 3. The lowest BCUT2D eigenvalue weighted by Crippen LogP contribution is -2.21. The molecule has 0 atom stereocenters. The van der Waals surface area contributed by atoms with Crippen LogP contribution in [0, 0.1) is 0 Å². The third-order valence-electron chi connectivity index (χ3n) is 4.14. The van der Waals surface area contributed by atoms with Crippen molar-refractivity contribution in [1.29, 1.82) is 0 Å². The van der Waals surface area contributed by atoms with E-state index in [2.05, 4.69) is 15.0 Å². The van der Waals surface area contributed by atoms with Crippen LogP contribution in [0.15, 0.2) is 53.3 Å². The minimum atomic E-state index is -0.206. The average Bonchev–Trinajstić information content (AvgIpc) is 3.03.